The first kappa shape index (κ1) is 16.7. The average molecular weight is 304 g/mol. The van der Waals surface area contributed by atoms with E-state index in [0.29, 0.717) is 12.3 Å². The summed E-state index contributed by atoms with van der Waals surface area (Å²) in [6, 6.07) is 3.91. The predicted molar refractivity (Wildman–Crippen MR) is 78.1 cm³/mol. The number of sulfonamides is 1. The lowest BCUT2D eigenvalue weighted by Gasteiger charge is -2.16. The van der Waals surface area contributed by atoms with Crippen LogP contribution in [0.5, 0.6) is 5.75 Å². The number of rotatable bonds is 8. The molecule has 0 saturated carbocycles. The molecular weight excluding hydrogens is 283 g/mol. The molecule has 0 heterocycles. The molecule has 2 N–H and O–H groups in total. The number of hydrogen-bond acceptors (Lipinski definition) is 4. The van der Waals surface area contributed by atoms with Crippen LogP contribution in [0.2, 0.25) is 0 Å². The largest absolute Gasteiger partial charge is 0.497 e. The van der Waals surface area contributed by atoms with Crippen LogP contribution >= 0.6 is 0 Å². The number of anilines is 1. The number of halogens is 1. The lowest BCUT2D eigenvalue weighted by Crippen LogP contribution is -2.35. The van der Waals surface area contributed by atoms with E-state index in [1.807, 2.05) is 6.92 Å². The molecule has 7 heteroatoms. The Morgan fingerprint density at radius 1 is 1.40 bits per heavy atom. The van der Waals surface area contributed by atoms with Gasteiger partial charge in [0.25, 0.3) is 0 Å². The number of benzene rings is 1. The second-order valence-electron chi connectivity index (χ2n) is 4.51. The number of ether oxygens (including phenoxy) is 1. The molecule has 0 aliphatic heterocycles. The topological polar surface area (TPSA) is 67.4 Å². The Bertz CT molecular complexity index is 534. The highest BCUT2D eigenvalue weighted by Gasteiger charge is 2.21. The minimum atomic E-state index is -3.65. The SMILES string of the molecule is CCCNCC(C)S(=O)(=O)Nc1cc(OC)ccc1F. The molecular formula is C13H21FN2O3S. The summed E-state index contributed by atoms with van der Waals surface area (Å²) in [6.07, 6.45) is 0.921. The Kier molecular flexibility index (Phi) is 6.22. The highest BCUT2D eigenvalue weighted by Crippen LogP contribution is 2.22. The Balaban J connectivity index is 2.79. The molecule has 0 aliphatic rings. The van der Waals surface area contributed by atoms with E-state index >= 15 is 0 Å². The summed E-state index contributed by atoms with van der Waals surface area (Å²) in [5.74, 6) is -0.246. The molecule has 0 bridgehead atoms. The number of nitrogens with one attached hydrogen (secondary N) is 2. The molecule has 1 aromatic rings. The van der Waals surface area contributed by atoms with Crippen LogP contribution in [0.25, 0.3) is 0 Å². The van der Waals surface area contributed by atoms with Gasteiger partial charge in [0.15, 0.2) is 0 Å². The van der Waals surface area contributed by atoms with Crippen LogP contribution in [0, 0.1) is 5.82 Å². The summed E-state index contributed by atoms with van der Waals surface area (Å²) in [4.78, 5) is 0. The number of methoxy groups -OCH3 is 1. The van der Waals surface area contributed by atoms with E-state index in [-0.39, 0.29) is 5.69 Å². The average Bonchev–Trinajstić information content (AvgIpc) is 2.41. The Hall–Kier alpha value is -1.34. The summed E-state index contributed by atoms with van der Waals surface area (Å²) in [7, 11) is -2.22. The van der Waals surface area contributed by atoms with Crippen molar-refractivity contribution in [3.05, 3.63) is 24.0 Å². The standard InChI is InChI=1S/C13H21FN2O3S/c1-4-7-15-9-10(2)20(17,18)16-13-8-11(19-3)5-6-12(13)14/h5-6,8,10,15-16H,4,7,9H2,1-3H3. The van der Waals surface area contributed by atoms with Gasteiger partial charge in [0.1, 0.15) is 11.6 Å². The van der Waals surface area contributed by atoms with Gasteiger partial charge in [-0.1, -0.05) is 6.92 Å². The third-order valence-electron chi connectivity index (χ3n) is 2.81. The van der Waals surface area contributed by atoms with E-state index in [0.717, 1.165) is 19.0 Å². The second kappa shape index (κ2) is 7.44. The molecule has 0 fully saturated rings. The fraction of sp³-hybridized carbons (Fsp3) is 0.538. The molecule has 5 nitrogen and oxygen atoms in total. The van der Waals surface area contributed by atoms with Crippen molar-refractivity contribution in [2.75, 3.05) is 24.9 Å². The molecule has 0 spiro atoms. The number of hydrogen-bond donors (Lipinski definition) is 2. The van der Waals surface area contributed by atoms with Crippen molar-refractivity contribution in [1.29, 1.82) is 0 Å². The normalized spacial score (nSPS) is 13.0. The van der Waals surface area contributed by atoms with E-state index in [4.69, 9.17) is 4.74 Å². The fourth-order valence-corrected chi connectivity index (χ4v) is 2.56. The van der Waals surface area contributed by atoms with E-state index < -0.39 is 21.1 Å². The van der Waals surface area contributed by atoms with Crippen LogP contribution < -0.4 is 14.8 Å². The second-order valence-corrected chi connectivity index (χ2v) is 6.61. The van der Waals surface area contributed by atoms with Crippen molar-refractivity contribution in [2.24, 2.45) is 0 Å². The predicted octanol–water partition coefficient (Wildman–Crippen LogP) is 1.96. The maximum absolute atomic E-state index is 13.6. The smallest absolute Gasteiger partial charge is 0.236 e. The molecule has 1 aromatic carbocycles. The van der Waals surface area contributed by atoms with E-state index in [1.54, 1.807) is 6.92 Å². The minimum absolute atomic E-state index is 0.105. The lowest BCUT2D eigenvalue weighted by molar-refractivity contribution is 0.414. The van der Waals surface area contributed by atoms with E-state index in [9.17, 15) is 12.8 Å². The summed E-state index contributed by atoms with van der Waals surface area (Å²) in [5, 5.41) is 2.36. The molecule has 114 valence electrons. The first-order valence-electron chi connectivity index (χ1n) is 6.46. The molecule has 1 unspecified atom stereocenters. The minimum Gasteiger partial charge on any atom is -0.497 e. The van der Waals surface area contributed by atoms with Crippen molar-refractivity contribution in [2.45, 2.75) is 25.5 Å². The zero-order chi connectivity index (χ0) is 15.2. The van der Waals surface area contributed by atoms with Crippen LogP contribution in [0.15, 0.2) is 18.2 Å². The Morgan fingerprint density at radius 2 is 2.10 bits per heavy atom. The van der Waals surface area contributed by atoms with Crippen molar-refractivity contribution >= 4 is 15.7 Å². The van der Waals surface area contributed by atoms with Crippen LogP contribution in [0.4, 0.5) is 10.1 Å². The van der Waals surface area contributed by atoms with Gasteiger partial charge in [-0.05, 0) is 32.0 Å². The van der Waals surface area contributed by atoms with Crippen LogP contribution in [-0.4, -0.2) is 33.9 Å². The van der Waals surface area contributed by atoms with Gasteiger partial charge in [-0.25, -0.2) is 12.8 Å². The molecule has 0 saturated heterocycles. The van der Waals surface area contributed by atoms with Crippen LogP contribution in [0.1, 0.15) is 20.3 Å². The third kappa shape index (κ3) is 4.64. The molecule has 0 aromatic heterocycles. The summed E-state index contributed by atoms with van der Waals surface area (Å²) < 4.78 is 45.0. The summed E-state index contributed by atoms with van der Waals surface area (Å²) >= 11 is 0. The van der Waals surface area contributed by atoms with Gasteiger partial charge >= 0.3 is 0 Å². The molecule has 0 aliphatic carbocycles. The molecule has 20 heavy (non-hydrogen) atoms. The van der Waals surface area contributed by atoms with Crippen molar-refractivity contribution in [3.63, 3.8) is 0 Å². The maximum Gasteiger partial charge on any atom is 0.236 e. The Morgan fingerprint density at radius 3 is 2.70 bits per heavy atom. The van der Waals surface area contributed by atoms with Gasteiger partial charge < -0.3 is 10.1 Å². The van der Waals surface area contributed by atoms with Crippen LogP contribution in [-0.2, 0) is 10.0 Å². The monoisotopic (exact) mass is 304 g/mol. The van der Waals surface area contributed by atoms with Crippen molar-refractivity contribution in [1.82, 2.24) is 5.32 Å². The summed E-state index contributed by atoms with van der Waals surface area (Å²) in [6.45, 7) is 4.63. The van der Waals surface area contributed by atoms with Gasteiger partial charge in [0.2, 0.25) is 10.0 Å². The zero-order valence-corrected chi connectivity index (χ0v) is 12.8. The molecule has 0 amide bonds. The Labute approximate surface area is 119 Å². The van der Waals surface area contributed by atoms with Gasteiger partial charge in [-0.15, -0.1) is 0 Å². The van der Waals surface area contributed by atoms with Crippen molar-refractivity contribution in [3.8, 4) is 5.75 Å². The van der Waals surface area contributed by atoms with Crippen LogP contribution in [0.3, 0.4) is 0 Å². The fourth-order valence-electron chi connectivity index (χ4n) is 1.56. The molecule has 1 atom stereocenters. The van der Waals surface area contributed by atoms with Gasteiger partial charge in [0, 0.05) is 12.6 Å². The van der Waals surface area contributed by atoms with Gasteiger partial charge in [-0.2, -0.15) is 0 Å². The maximum atomic E-state index is 13.6. The highest BCUT2D eigenvalue weighted by molar-refractivity contribution is 7.93. The zero-order valence-electron chi connectivity index (χ0n) is 11.9. The quantitative estimate of drug-likeness (QED) is 0.721. The molecule has 0 radical (unpaired) electrons. The van der Waals surface area contributed by atoms with Crippen molar-refractivity contribution < 1.29 is 17.5 Å². The molecule has 1 rings (SSSR count). The lowest BCUT2D eigenvalue weighted by atomic mass is 10.3. The highest BCUT2D eigenvalue weighted by atomic mass is 32.2. The van der Waals surface area contributed by atoms with E-state index in [2.05, 4.69) is 10.0 Å². The van der Waals surface area contributed by atoms with E-state index in [1.165, 1.54) is 19.2 Å². The summed E-state index contributed by atoms with van der Waals surface area (Å²) in [5.41, 5.74) is -0.105. The first-order valence-corrected chi connectivity index (χ1v) is 8.01. The third-order valence-corrected chi connectivity index (χ3v) is 4.54. The van der Waals surface area contributed by atoms with Gasteiger partial charge in [-0.3, -0.25) is 4.72 Å². The first-order chi connectivity index (χ1) is 9.40. The van der Waals surface area contributed by atoms with Gasteiger partial charge in [0.05, 0.1) is 18.0 Å².